The highest BCUT2D eigenvalue weighted by atomic mass is 127. The Kier molecular flexibility index (Phi) is 3.76. The molecule has 0 amide bonds. The van der Waals surface area contributed by atoms with E-state index in [0.29, 0.717) is 22.3 Å². The molecule has 2 N–H and O–H groups in total. The third-order valence-electron chi connectivity index (χ3n) is 3.02. The molecular weight excluding hydrogens is 415 g/mol. The summed E-state index contributed by atoms with van der Waals surface area (Å²) in [7, 11) is -3.74. The van der Waals surface area contributed by atoms with Crippen molar-refractivity contribution in [1.29, 1.82) is 5.26 Å². The first-order valence-corrected chi connectivity index (χ1v) is 8.71. The van der Waals surface area contributed by atoms with Crippen LogP contribution in [0.4, 0.5) is 5.69 Å². The molecule has 6 nitrogen and oxygen atoms in total. The monoisotopic (exact) mass is 424 g/mol. The summed E-state index contributed by atoms with van der Waals surface area (Å²) in [4.78, 5) is 7.14. The number of nitrogens with zero attached hydrogens (tertiary/aromatic N) is 2. The number of anilines is 1. The fourth-order valence-corrected chi connectivity index (χ4v) is 3.67. The summed E-state index contributed by atoms with van der Waals surface area (Å²) >= 11 is 2.08. The normalized spacial score (nSPS) is 11.3. The maximum absolute atomic E-state index is 12.5. The molecule has 110 valence electrons. The van der Waals surface area contributed by atoms with Crippen molar-refractivity contribution >= 4 is 49.3 Å². The van der Waals surface area contributed by atoms with Crippen LogP contribution >= 0.6 is 22.6 Å². The highest BCUT2D eigenvalue weighted by Gasteiger charge is 2.19. The van der Waals surface area contributed by atoms with Gasteiger partial charge in [0.25, 0.3) is 10.0 Å². The van der Waals surface area contributed by atoms with E-state index in [9.17, 15) is 8.42 Å². The number of aromatic amines is 1. The summed E-state index contributed by atoms with van der Waals surface area (Å²) in [6, 6.07) is 9.94. The lowest BCUT2D eigenvalue weighted by Gasteiger charge is -2.07. The van der Waals surface area contributed by atoms with Crippen LogP contribution in [0.1, 0.15) is 5.56 Å². The Hall–Kier alpha value is -2.12. The molecular formula is C14H9IN4O2S. The van der Waals surface area contributed by atoms with E-state index in [1.807, 2.05) is 6.07 Å². The molecule has 0 aliphatic rings. The van der Waals surface area contributed by atoms with Gasteiger partial charge in [0.15, 0.2) is 0 Å². The van der Waals surface area contributed by atoms with E-state index in [4.69, 9.17) is 5.26 Å². The Balaban J connectivity index is 2.01. The molecule has 0 aliphatic carbocycles. The van der Waals surface area contributed by atoms with Crippen LogP contribution in [0.3, 0.4) is 0 Å². The third-order valence-corrected chi connectivity index (χ3v) is 5.03. The summed E-state index contributed by atoms with van der Waals surface area (Å²) in [5, 5.41) is 9.29. The number of benzene rings is 1. The zero-order valence-electron chi connectivity index (χ0n) is 11.0. The van der Waals surface area contributed by atoms with Crippen LogP contribution in [0.5, 0.6) is 0 Å². The van der Waals surface area contributed by atoms with Crippen LogP contribution in [0.15, 0.2) is 47.6 Å². The van der Waals surface area contributed by atoms with Gasteiger partial charge in [0.05, 0.1) is 11.6 Å². The van der Waals surface area contributed by atoms with E-state index in [0.717, 1.165) is 3.57 Å². The number of nitrogens with one attached hydrogen (secondary N) is 2. The second-order valence-corrected chi connectivity index (χ2v) is 7.39. The topological polar surface area (TPSA) is 98.6 Å². The molecule has 2 heterocycles. The van der Waals surface area contributed by atoms with Crippen molar-refractivity contribution in [2.24, 2.45) is 0 Å². The van der Waals surface area contributed by atoms with Crippen molar-refractivity contribution in [3.8, 4) is 6.07 Å². The molecule has 0 saturated carbocycles. The predicted molar refractivity (Wildman–Crippen MR) is 90.8 cm³/mol. The highest BCUT2D eigenvalue weighted by Crippen LogP contribution is 2.25. The molecule has 22 heavy (non-hydrogen) atoms. The second kappa shape index (κ2) is 5.58. The van der Waals surface area contributed by atoms with Gasteiger partial charge >= 0.3 is 0 Å². The SMILES string of the molecule is N#Cc1ccc(NS(=O)(=O)c2c[nH]c3ncc(I)cc23)cc1. The van der Waals surface area contributed by atoms with Crippen LogP contribution in [-0.2, 0) is 10.0 Å². The second-order valence-electron chi connectivity index (χ2n) is 4.50. The average molecular weight is 424 g/mol. The van der Waals surface area contributed by atoms with Gasteiger partial charge in [-0.3, -0.25) is 4.72 Å². The summed E-state index contributed by atoms with van der Waals surface area (Å²) < 4.78 is 28.4. The first-order chi connectivity index (χ1) is 10.5. The van der Waals surface area contributed by atoms with Crippen molar-refractivity contribution in [2.45, 2.75) is 4.90 Å². The third kappa shape index (κ3) is 2.77. The number of halogens is 1. The molecule has 8 heteroatoms. The van der Waals surface area contributed by atoms with E-state index in [2.05, 4.69) is 37.3 Å². The summed E-state index contributed by atoms with van der Waals surface area (Å²) in [6.45, 7) is 0. The molecule has 2 aromatic heterocycles. The molecule has 0 spiro atoms. The largest absolute Gasteiger partial charge is 0.345 e. The van der Waals surface area contributed by atoms with E-state index in [1.165, 1.54) is 6.20 Å². The fraction of sp³-hybridized carbons (Fsp3) is 0. The molecule has 3 rings (SSSR count). The minimum Gasteiger partial charge on any atom is -0.345 e. The molecule has 3 aromatic rings. The van der Waals surface area contributed by atoms with Crippen LogP contribution in [0, 0.1) is 14.9 Å². The maximum atomic E-state index is 12.5. The first kappa shape index (κ1) is 14.8. The van der Waals surface area contributed by atoms with Crippen molar-refractivity contribution in [3.63, 3.8) is 0 Å². The van der Waals surface area contributed by atoms with Gasteiger partial charge in [0, 0.05) is 27.0 Å². The van der Waals surface area contributed by atoms with Gasteiger partial charge < -0.3 is 4.98 Å². The summed E-state index contributed by atoms with van der Waals surface area (Å²) in [5.74, 6) is 0. The van der Waals surface area contributed by atoms with Gasteiger partial charge in [0.2, 0.25) is 0 Å². The van der Waals surface area contributed by atoms with Crippen LogP contribution in [0.25, 0.3) is 11.0 Å². The molecule has 1 aromatic carbocycles. The van der Waals surface area contributed by atoms with Crippen LogP contribution in [0.2, 0.25) is 0 Å². The number of aromatic nitrogens is 2. The zero-order chi connectivity index (χ0) is 15.7. The van der Waals surface area contributed by atoms with Crippen LogP contribution < -0.4 is 4.72 Å². The molecule has 0 unspecified atom stereocenters. The lowest BCUT2D eigenvalue weighted by molar-refractivity contribution is 0.602. The number of pyridine rings is 1. The first-order valence-electron chi connectivity index (χ1n) is 6.15. The molecule has 0 bridgehead atoms. The Morgan fingerprint density at radius 2 is 2.00 bits per heavy atom. The van der Waals surface area contributed by atoms with Gasteiger partial charge in [-0.25, -0.2) is 13.4 Å². The minimum atomic E-state index is -3.74. The fourth-order valence-electron chi connectivity index (χ4n) is 2.00. The van der Waals surface area contributed by atoms with Crippen molar-refractivity contribution in [3.05, 3.63) is 51.9 Å². The van der Waals surface area contributed by atoms with Crippen molar-refractivity contribution in [1.82, 2.24) is 9.97 Å². The quantitative estimate of drug-likeness (QED) is 0.632. The number of fused-ring (bicyclic) bond motifs is 1. The summed E-state index contributed by atoms with van der Waals surface area (Å²) in [6.07, 6.45) is 3.07. The van der Waals surface area contributed by atoms with E-state index in [-0.39, 0.29) is 4.90 Å². The number of nitriles is 1. The number of hydrogen-bond donors (Lipinski definition) is 2. The minimum absolute atomic E-state index is 0.137. The molecule has 0 radical (unpaired) electrons. The smallest absolute Gasteiger partial charge is 0.264 e. The maximum Gasteiger partial charge on any atom is 0.264 e. The molecule has 0 fully saturated rings. The molecule has 0 aliphatic heterocycles. The van der Waals surface area contributed by atoms with Gasteiger partial charge in [-0.05, 0) is 52.9 Å². The summed E-state index contributed by atoms with van der Waals surface area (Å²) in [5.41, 5.74) is 1.38. The Labute approximate surface area is 140 Å². The number of sulfonamides is 1. The number of hydrogen-bond acceptors (Lipinski definition) is 4. The van der Waals surface area contributed by atoms with Gasteiger partial charge in [-0.1, -0.05) is 0 Å². The molecule has 0 saturated heterocycles. The lowest BCUT2D eigenvalue weighted by Crippen LogP contribution is -2.12. The van der Waals surface area contributed by atoms with Gasteiger partial charge in [-0.2, -0.15) is 5.26 Å². The molecule has 0 atom stereocenters. The Morgan fingerprint density at radius 1 is 1.27 bits per heavy atom. The Morgan fingerprint density at radius 3 is 2.68 bits per heavy atom. The van der Waals surface area contributed by atoms with Gasteiger partial charge in [0.1, 0.15) is 10.5 Å². The van der Waals surface area contributed by atoms with E-state index in [1.54, 1.807) is 36.5 Å². The average Bonchev–Trinajstić information content (AvgIpc) is 2.91. The van der Waals surface area contributed by atoms with Crippen LogP contribution in [-0.4, -0.2) is 18.4 Å². The highest BCUT2D eigenvalue weighted by molar-refractivity contribution is 14.1. The standard InChI is InChI=1S/C14H9IN4O2S/c15-10-5-12-13(8-18-14(12)17-7-10)22(20,21)19-11-3-1-9(6-16)2-4-11/h1-5,7-8,19H,(H,17,18). The van der Waals surface area contributed by atoms with Crippen molar-refractivity contribution in [2.75, 3.05) is 4.72 Å². The van der Waals surface area contributed by atoms with Crippen molar-refractivity contribution < 1.29 is 8.42 Å². The van der Waals surface area contributed by atoms with E-state index < -0.39 is 10.0 Å². The number of rotatable bonds is 3. The zero-order valence-corrected chi connectivity index (χ0v) is 14.0. The number of H-pyrrole nitrogens is 1. The van der Waals surface area contributed by atoms with Gasteiger partial charge in [-0.15, -0.1) is 0 Å². The predicted octanol–water partition coefficient (Wildman–Crippen LogP) is 2.84. The van der Waals surface area contributed by atoms with E-state index >= 15 is 0 Å². The lowest BCUT2D eigenvalue weighted by atomic mass is 10.2. The Bertz CT molecular complexity index is 988.